The summed E-state index contributed by atoms with van der Waals surface area (Å²) in [6, 6.07) is 12.3. The Morgan fingerprint density at radius 2 is 1.79 bits per heavy atom. The summed E-state index contributed by atoms with van der Waals surface area (Å²) in [6.45, 7) is 0. The van der Waals surface area contributed by atoms with Gasteiger partial charge >= 0.3 is 0 Å². The van der Waals surface area contributed by atoms with Gasteiger partial charge in [0.1, 0.15) is 0 Å². The van der Waals surface area contributed by atoms with Crippen molar-refractivity contribution in [1.29, 1.82) is 0 Å². The molecule has 19 heavy (non-hydrogen) atoms. The maximum atomic E-state index is 11.1. The van der Waals surface area contributed by atoms with Crippen LogP contribution < -0.4 is 4.72 Å². The Hall–Kier alpha value is -1.23. The lowest BCUT2D eigenvalue weighted by Gasteiger charge is -2.08. The molecule has 2 rings (SSSR count). The average Bonchev–Trinajstić information content (AvgIpc) is 2.26. The number of hydrogen-bond acceptors (Lipinski definition) is 2. The molecule has 0 saturated carbocycles. The van der Waals surface area contributed by atoms with Crippen molar-refractivity contribution in [3.63, 3.8) is 0 Å². The SMILES string of the molecule is CS(=O)(=O)Nc1ccc(-c2cccc(Cl)c2)c(Cl)c1. The second kappa shape index (κ2) is 5.41. The van der Waals surface area contributed by atoms with Gasteiger partial charge in [0.25, 0.3) is 0 Å². The van der Waals surface area contributed by atoms with Crippen molar-refractivity contribution in [2.24, 2.45) is 0 Å². The topological polar surface area (TPSA) is 46.2 Å². The van der Waals surface area contributed by atoms with Crippen molar-refractivity contribution in [3.8, 4) is 11.1 Å². The number of halogens is 2. The predicted octanol–water partition coefficient (Wildman–Crippen LogP) is 4.03. The van der Waals surface area contributed by atoms with Gasteiger partial charge in [0.05, 0.1) is 11.3 Å². The molecule has 0 amide bonds. The van der Waals surface area contributed by atoms with E-state index in [1.165, 1.54) is 0 Å². The molecule has 0 bridgehead atoms. The fourth-order valence-corrected chi connectivity index (χ4v) is 2.72. The van der Waals surface area contributed by atoms with E-state index in [1.807, 2.05) is 12.1 Å². The molecule has 0 spiro atoms. The van der Waals surface area contributed by atoms with Crippen LogP contribution >= 0.6 is 23.2 Å². The quantitative estimate of drug-likeness (QED) is 0.929. The highest BCUT2D eigenvalue weighted by atomic mass is 35.5. The minimum Gasteiger partial charge on any atom is -0.284 e. The second-order valence-corrected chi connectivity index (χ2v) is 6.67. The number of hydrogen-bond donors (Lipinski definition) is 1. The minimum absolute atomic E-state index is 0.429. The summed E-state index contributed by atoms with van der Waals surface area (Å²) in [6.07, 6.45) is 1.09. The molecule has 0 aromatic heterocycles. The van der Waals surface area contributed by atoms with Crippen LogP contribution in [0, 0.1) is 0 Å². The average molecular weight is 316 g/mol. The molecule has 2 aromatic rings. The van der Waals surface area contributed by atoms with Gasteiger partial charge in [0.15, 0.2) is 0 Å². The van der Waals surface area contributed by atoms with Crippen LogP contribution in [0.25, 0.3) is 11.1 Å². The van der Waals surface area contributed by atoms with Gasteiger partial charge in [0.2, 0.25) is 10.0 Å². The van der Waals surface area contributed by atoms with Gasteiger partial charge in [-0.3, -0.25) is 4.72 Å². The second-order valence-electron chi connectivity index (χ2n) is 4.08. The number of benzene rings is 2. The fraction of sp³-hybridized carbons (Fsp3) is 0.0769. The molecular weight excluding hydrogens is 305 g/mol. The van der Waals surface area contributed by atoms with Crippen molar-refractivity contribution in [2.75, 3.05) is 11.0 Å². The van der Waals surface area contributed by atoms with E-state index in [4.69, 9.17) is 23.2 Å². The van der Waals surface area contributed by atoms with Gasteiger partial charge in [-0.25, -0.2) is 8.42 Å². The summed E-state index contributed by atoms with van der Waals surface area (Å²) < 4.78 is 24.7. The Kier molecular flexibility index (Phi) is 4.04. The molecule has 0 aliphatic rings. The number of nitrogens with one attached hydrogen (secondary N) is 1. The third-order valence-electron chi connectivity index (χ3n) is 2.41. The van der Waals surface area contributed by atoms with Gasteiger partial charge < -0.3 is 0 Å². The maximum Gasteiger partial charge on any atom is 0.229 e. The summed E-state index contributed by atoms with van der Waals surface area (Å²) in [7, 11) is -3.31. The van der Waals surface area contributed by atoms with Gasteiger partial charge in [-0.1, -0.05) is 41.4 Å². The standard InChI is InChI=1S/C13H11Cl2NO2S/c1-19(17,18)16-11-5-6-12(13(15)8-11)9-3-2-4-10(14)7-9/h2-8,16H,1H3. The Bertz CT molecular complexity index is 714. The molecule has 2 aromatic carbocycles. The summed E-state index contributed by atoms with van der Waals surface area (Å²) in [5.74, 6) is 0. The van der Waals surface area contributed by atoms with Crippen LogP contribution in [0.2, 0.25) is 10.0 Å². The molecule has 0 aliphatic heterocycles. The molecule has 0 heterocycles. The van der Waals surface area contributed by atoms with E-state index in [2.05, 4.69) is 4.72 Å². The lowest BCUT2D eigenvalue weighted by Crippen LogP contribution is -2.09. The predicted molar refractivity (Wildman–Crippen MR) is 80.4 cm³/mol. The van der Waals surface area contributed by atoms with Crippen LogP contribution in [0.15, 0.2) is 42.5 Å². The van der Waals surface area contributed by atoms with Crippen molar-refractivity contribution < 1.29 is 8.42 Å². The highest BCUT2D eigenvalue weighted by Gasteiger charge is 2.07. The summed E-state index contributed by atoms with van der Waals surface area (Å²) in [5, 5.41) is 1.07. The summed E-state index contributed by atoms with van der Waals surface area (Å²) >= 11 is 12.1. The van der Waals surface area contributed by atoms with E-state index in [-0.39, 0.29) is 0 Å². The van der Waals surface area contributed by atoms with Crippen molar-refractivity contribution >= 4 is 38.9 Å². The lowest BCUT2D eigenvalue weighted by molar-refractivity contribution is 0.607. The zero-order valence-corrected chi connectivity index (χ0v) is 12.4. The summed E-state index contributed by atoms with van der Waals surface area (Å²) in [4.78, 5) is 0. The van der Waals surface area contributed by atoms with E-state index in [0.29, 0.717) is 15.7 Å². The van der Waals surface area contributed by atoms with Crippen LogP contribution in [0.5, 0.6) is 0 Å². The molecule has 0 radical (unpaired) electrons. The zero-order chi connectivity index (χ0) is 14.0. The van der Waals surface area contributed by atoms with Gasteiger partial charge in [-0.15, -0.1) is 0 Å². The first-order valence-electron chi connectivity index (χ1n) is 5.38. The van der Waals surface area contributed by atoms with Crippen LogP contribution in [-0.2, 0) is 10.0 Å². The van der Waals surface area contributed by atoms with Crippen molar-refractivity contribution in [3.05, 3.63) is 52.5 Å². The molecule has 6 heteroatoms. The molecule has 3 nitrogen and oxygen atoms in total. The number of rotatable bonds is 3. The number of sulfonamides is 1. The molecular formula is C13H11Cl2NO2S. The van der Waals surface area contributed by atoms with E-state index in [9.17, 15) is 8.42 Å². The van der Waals surface area contributed by atoms with E-state index < -0.39 is 10.0 Å². The van der Waals surface area contributed by atoms with Gasteiger partial charge in [-0.05, 0) is 29.8 Å². The molecule has 0 unspecified atom stereocenters. The third-order valence-corrected chi connectivity index (χ3v) is 3.56. The molecule has 0 aliphatic carbocycles. The van der Waals surface area contributed by atoms with Gasteiger partial charge in [-0.2, -0.15) is 0 Å². The monoisotopic (exact) mass is 315 g/mol. The van der Waals surface area contributed by atoms with Crippen LogP contribution in [0.3, 0.4) is 0 Å². The van der Waals surface area contributed by atoms with Crippen LogP contribution in [0.4, 0.5) is 5.69 Å². The van der Waals surface area contributed by atoms with Crippen molar-refractivity contribution in [2.45, 2.75) is 0 Å². The van der Waals surface area contributed by atoms with Crippen LogP contribution in [-0.4, -0.2) is 14.7 Å². The Balaban J connectivity index is 2.40. The summed E-state index contributed by atoms with van der Waals surface area (Å²) in [5.41, 5.74) is 2.10. The maximum absolute atomic E-state index is 11.1. The minimum atomic E-state index is -3.31. The highest BCUT2D eigenvalue weighted by molar-refractivity contribution is 7.92. The van der Waals surface area contributed by atoms with E-state index in [0.717, 1.165) is 17.4 Å². The number of anilines is 1. The molecule has 0 atom stereocenters. The molecule has 100 valence electrons. The largest absolute Gasteiger partial charge is 0.284 e. The first-order chi connectivity index (χ1) is 8.85. The third kappa shape index (κ3) is 3.86. The Morgan fingerprint density at radius 1 is 1.05 bits per heavy atom. The Labute approximate surface area is 122 Å². The van der Waals surface area contributed by atoms with Crippen molar-refractivity contribution in [1.82, 2.24) is 0 Å². The molecule has 0 saturated heterocycles. The normalized spacial score (nSPS) is 11.3. The zero-order valence-electron chi connectivity index (χ0n) is 10.0. The highest BCUT2D eigenvalue weighted by Crippen LogP contribution is 2.31. The van der Waals surface area contributed by atoms with Crippen LogP contribution in [0.1, 0.15) is 0 Å². The molecule has 0 fully saturated rings. The van der Waals surface area contributed by atoms with E-state index in [1.54, 1.807) is 30.3 Å². The lowest BCUT2D eigenvalue weighted by atomic mass is 10.1. The smallest absolute Gasteiger partial charge is 0.229 e. The Morgan fingerprint density at radius 3 is 2.37 bits per heavy atom. The first kappa shape index (κ1) is 14.2. The van der Waals surface area contributed by atoms with E-state index >= 15 is 0 Å². The fourth-order valence-electron chi connectivity index (χ4n) is 1.68. The van der Waals surface area contributed by atoms with Gasteiger partial charge in [0, 0.05) is 16.3 Å². The first-order valence-corrected chi connectivity index (χ1v) is 8.03. The molecule has 1 N–H and O–H groups in total.